The van der Waals surface area contributed by atoms with E-state index in [1.807, 2.05) is 24.5 Å². The number of ether oxygens (including phenoxy) is 1. The molecule has 1 aromatic carbocycles. The number of nitrogens with one attached hydrogen (secondary N) is 1. The highest BCUT2D eigenvalue weighted by Crippen LogP contribution is 2.44. The van der Waals surface area contributed by atoms with Gasteiger partial charge in [0.2, 0.25) is 0 Å². The van der Waals surface area contributed by atoms with Crippen LogP contribution in [0.3, 0.4) is 0 Å². The molecule has 0 spiro atoms. The van der Waals surface area contributed by atoms with Gasteiger partial charge in [0.15, 0.2) is 5.11 Å². The normalized spacial score (nSPS) is 19.7. The lowest BCUT2D eigenvalue weighted by atomic mass is 9.96. The number of nitrogens with zero attached hydrogens (tertiary/aromatic N) is 4. The fourth-order valence-electron chi connectivity index (χ4n) is 5.86. The molecule has 4 heterocycles. The van der Waals surface area contributed by atoms with E-state index in [1.165, 1.54) is 18.4 Å². The van der Waals surface area contributed by atoms with E-state index in [-0.39, 0.29) is 12.1 Å². The van der Waals surface area contributed by atoms with Gasteiger partial charge in [-0.2, -0.15) is 0 Å². The SMILES string of the molecule is Cc1ccc(-n2c(C)cc([C@@H]3[C@@H](c4ccccn4)NC(=S)N3c3ccc(OC4CCCC4)cc3)c2C)nc1. The second-order valence-corrected chi connectivity index (χ2v) is 10.8. The van der Waals surface area contributed by atoms with E-state index >= 15 is 0 Å². The molecule has 1 aliphatic heterocycles. The van der Waals surface area contributed by atoms with E-state index in [9.17, 15) is 0 Å². The molecule has 7 heteroatoms. The lowest BCUT2D eigenvalue weighted by molar-refractivity contribution is 0.210. The molecule has 3 aromatic heterocycles. The van der Waals surface area contributed by atoms with Gasteiger partial charge in [0.05, 0.1) is 23.9 Å². The topological polar surface area (TPSA) is 55.2 Å². The average molecular weight is 524 g/mol. The summed E-state index contributed by atoms with van der Waals surface area (Å²) in [5.41, 5.74) is 6.60. The first-order valence-electron chi connectivity index (χ1n) is 13.4. The summed E-state index contributed by atoms with van der Waals surface area (Å²) in [7, 11) is 0. The summed E-state index contributed by atoms with van der Waals surface area (Å²) in [5, 5.41) is 4.27. The van der Waals surface area contributed by atoms with E-state index in [0.29, 0.717) is 11.2 Å². The Morgan fingerprint density at radius 2 is 1.74 bits per heavy atom. The van der Waals surface area contributed by atoms with Gasteiger partial charge in [0.25, 0.3) is 0 Å². The summed E-state index contributed by atoms with van der Waals surface area (Å²) < 4.78 is 8.45. The zero-order chi connectivity index (χ0) is 26.2. The highest BCUT2D eigenvalue weighted by Gasteiger charge is 2.42. The van der Waals surface area contributed by atoms with Gasteiger partial charge in [-0.1, -0.05) is 12.1 Å². The number of benzene rings is 1. The van der Waals surface area contributed by atoms with E-state index in [2.05, 4.69) is 84.1 Å². The molecule has 6 rings (SSSR count). The summed E-state index contributed by atoms with van der Waals surface area (Å²) in [6, 6.07) is 20.7. The summed E-state index contributed by atoms with van der Waals surface area (Å²) in [6.07, 6.45) is 8.87. The first kappa shape index (κ1) is 24.6. The monoisotopic (exact) mass is 523 g/mol. The van der Waals surface area contributed by atoms with Gasteiger partial charge in [-0.15, -0.1) is 0 Å². The zero-order valence-corrected chi connectivity index (χ0v) is 22.9. The molecular weight excluding hydrogens is 490 g/mol. The first-order chi connectivity index (χ1) is 18.5. The molecule has 194 valence electrons. The Balaban J connectivity index is 1.41. The van der Waals surface area contributed by atoms with Crippen molar-refractivity contribution in [2.45, 2.75) is 64.6 Å². The van der Waals surface area contributed by atoms with Crippen molar-refractivity contribution in [3.05, 3.63) is 101 Å². The smallest absolute Gasteiger partial charge is 0.174 e. The molecule has 4 aromatic rings. The molecule has 1 saturated heterocycles. The summed E-state index contributed by atoms with van der Waals surface area (Å²) in [6.45, 7) is 6.35. The predicted molar refractivity (Wildman–Crippen MR) is 155 cm³/mol. The van der Waals surface area contributed by atoms with E-state index in [0.717, 1.165) is 52.7 Å². The van der Waals surface area contributed by atoms with Crippen molar-refractivity contribution < 1.29 is 4.74 Å². The van der Waals surface area contributed by atoms with Crippen molar-refractivity contribution in [2.75, 3.05) is 4.90 Å². The third-order valence-electron chi connectivity index (χ3n) is 7.73. The van der Waals surface area contributed by atoms with Crippen molar-refractivity contribution in [1.29, 1.82) is 0 Å². The van der Waals surface area contributed by atoms with Gasteiger partial charge < -0.3 is 19.5 Å². The Kier molecular flexibility index (Phi) is 6.62. The highest BCUT2D eigenvalue weighted by atomic mass is 32.1. The van der Waals surface area contributed by atoms with Gasteiger partial charge in [0, 0.05) is 29.5 Å². The molecule has 0 bridgehead atoms. The van der Waals surface area contributed by atoms with Gasteiger partial charge in [-0.05, 0) is 118 Å². The molecule has 6 nitrogen and oxygen atoms in total. The van der Waals surface area contributed by atoms with Crippen LogP contribution in [0.15, 0.2) is 73.1 Å². The summed E-state index contributed by atoms with van der Waals surface area (Å²) >= 11 is 5.95. The van der Waals surface area contributed by atoms with Gasteiger partial charge >= 0.3 is 0 Å². The van der Waals surface area contributed by atoms with Crippen LogP contribution in [0, 0.1) is 20.8 Å². The lowest BCUT2D eigenvalue weighted by Crippen LogP contribution is -2.29. The number of aromatic nitrogens is 3. The Hall–Kier alpha value is -3.71. The fraction of sp³-hybridized carbons (Fsp3) is 0.323. The predicted octanol–water partition coefficient (Wildman–Crippen LogP) is 6.69. The molecule has 2 fully saturated rings. The van der Waals surface area contributed by atoms with Gasteiger partial charge in [-0.25, -0.2) is 4.98 Å². The van der Waals surface area contributed by atoms with Crippen LogP contribution in [0.2, 0.25) is 0 Å². The molecule has 0 amide bonds. The molecule has 2 aliphatic rings. The number of rotatable bonds is 6. The van der Waals surface area contributed by atoms with Gasteiger partial charge in [-0.3, -0.25) is 4.98 Å². The first-order valence-corrected chi connectivity index (χ1v) is 13.8. The second kappa shape index (κ2) is 10.2. The lowest BCUT2D eigenvalue weighted by Gasteiger charge is -2.28. The Bertz CT molecular complexity index is 1430. The second-order valence-electron chi connectivity index (χ2n) is 10.4. The van der Waals surface area contributed by atoms with Crippen LogP contribution in [-0.4, -0.2) is 25.8 Å². The molecule has 2 atom stereocenters. The van der Waals surface area contributed by atoms with Crippen LogP contribution in [0.4, 0.5) is 5.69 Å². The van der Waals surface area contributed by atoms with Crippen molar-refractivity contribution in [3.8, 4) is 11.6 Å². The zero-order valence-electron chi connectivity index (χ0n) is 22.1. The van der Waals surface area contributed by atoms with Crippen LogP contribution in [0.1, 0.15) is 66.0 Å². The minimum absolute atomic E-state index is 0.0793. The maximum Gasteiger partial charge on any atom is 0.174 e. The minimum atomic E-state index is -0.0990. The molecule has 0 unspecified atom stereocenters. The van der Waals surface area contributed by atoms with Crippen molar-refractivity contribution in [2.24, 2.45) is 0 Å². The number of hydrogen-bond acceptors (Lipinski definition) is 4. The fourth-order valence-corrected chi connectivity index (χ4v) is 6.21. The third kappa shape index (κ3) is 4.56. The van der Waals surface area contributed by atoms with Crippen LogP contribution in [-0.2, 0) is 0 Å². The van der Waals surface area contributed by atoms with Crippen LogP contribution in [0.5, 0.6) is 5.75 Å². The van der Waals surface area contributed by atoms with E-state index < -0.39 is 0 Å². The highest BCUT2D eigenvalue weighted by molar-refractivity contribution is 7.80. The van der Waals surface area contributed by atoms with Crippen LogP contribution in [0.25, 0.3) is 5.82 Å². The summed E-state index contributed by atoms with van der Waals surface area (Å²) in [5.74, 6) is 1.83. The third-order valence-corrected chi connectivity index (χ3v) is 8.05. The molecule has 1 saturated carbocycles. The quantitative estimate of drug-likeness (QED) is 0.284. The van der Waals surface area contributed by atoms with E-state index in [1.54, 1.807) is 0 Å². The van der Waals surface area contributed by atoms with Crippen molar-refractivity contribution in [3.63, 3.8) is 0 Å². The standard InChI is InChI=1S/C31H33N5OS/c1-20-11-16-28(33-19-20)35-21(2)18-26(22(35)3)30-29(27-10-6-7-17-32-27)34-31(38)36(30)23-12-14-25(15-13-23)37-24-8-4-5-9-24/h6-7,10-19,24,29-30H,4-5,8-9H2,1-3H3,(H,34,38)/t29-,30-/m1/s1. The van der Waals surface area contributed by atoms with Gasteiger partial charge in [0.1, 0.15) is 11.6 Å². The number of aryl methyl sites for hydroxylation is 2. The number of hydrogen-bond donors (Lipinski definition) is 1. The Morgan fingerprint density at radius 3 is 2.42 bits per heavy atom. The number of pyridine rings is 2. The van der Waals surface area contributed by atoms with Crippen molar-refractivity contribution in [1.82, 2.24) is 19.9 Å². The van der Waals surface area contributed by atoms with Crippen LogP contribution < -0.4 is 15.0 Å². The maximum absolute atomic E-state index is 6.23. The molecule has 1 aliphatic carbocycles. The Labute approximate surface area is 229 Å². The maximum atomic E-state index is 6.23. The minimum Gasteiger partial charge on any atom is -0.490 e. The molecule has 38 heavy (non-hydrogen) atoms. The largest absolute Gasteiger partial charge is 0.490 e. The summed E-state index contributed by atoms with van der Waals surface area (Å²) in [4.78, 5) is 11.6. The molecular formula is C31H33N5OS. The number of thiocarbonyl (C=S) groups is 1. The Morgan fingerprint density at radius 1 is 0.947 bits per heavy atom. The van der Waals surface area contributed by atoms with Crippen LogP contribution >= 0.6 is 12.2 Å². The number of anilines is 1. The molecule has 1 N–H and O–H groups in total. The van der Waals surface area contributed by atoms with E-state index in [4.69, 9.17) is 26.9 Å². The molecule has 0 radical (unpaired) electrons. The average Bonchev–Trinajstić information content (AvgIpc) is 3.64. The van der Waals surface area contributed by atoms with Crippen molar-refractivity contribution >= 4 is 23.0 Å².